The Morgan fingerprint density at radius 2 is 2.07 bits per heavy atom. The van der Waals surface area contributed by atoms with Crippen molar-refractivity contribution in [2.24, 2.45) is 0 Å². The van der Waals surface area contributed by atoms with Gasteiger partial charge in [-0.05, 0) is 34.1 Å². The summed E-state index contributed by atoms with van der Waals surface area (Å²) in [6.45, 7) is 0. The molecule has 0 aliphatic heterocycles. The second-order valence-corrected chi connectivity index (χ2v) is 4.64. The van der Waals surface area contributed by atoms with Crippen molar-refractivity contribution in [3.63, 3.8) is 0 Å². The largest absolute Gasteiger partial charge is 0.245 e. The summed E-state index contributed by atoms with van der Waals surface area (Å²) in [5.74, 6) is -0.245. The van der Waals surface area contributed by atoms with Crippen LogP contribution in [0, 0.1) is 5.82 Å². The fourth-order valence-electron chi connectivity index (χ4n) is 1.00. The van der Waals surface area contributed by atoms with E-state index < -0.39 is 0 Å². The smallest absolute Gasteiger partial charge is 0.124 e. The number of benzene rings is 1. The van der Waals surface area contributed by atoms with E-state index in [0.29, 0.717) is 4.60 Å². The molecule has 2 rings (SSSR count). The Morgan fingerprint density at radius 1 is 1.20 bits per heavy atom. The average molecular weight is 285 g/mol. The lowest BCUT2D eigenvalue weighted by molar-refractivity contribution is 0.624. The Labute approximate surface area is 99.1 Å². The Kier molecular flexibility index (Phi) is 3.33. The molecule has 0 amide bonds. The maximum atomic E-state index is 12.9. The Morgan fingerprint density at radius 3 is 2.73 bits per heavy atom. The van der Waals surface area contributed by atoms with Crippen LogP contribution in [-0.2, 0) is 0 Å². The molecule has 1 aromatic carbocycles. The van der Waals surface area contributed by atoms with Crippen molar-refractivity contribution in [1.29, 1.82) is 0 Å². The molecule has 0 fully saturated rings. The quantitative estimate of drug-likeness (QED) is 0.844. The third kappa shape index (κ3) is 3.00. The SMILES string of the molecule is Fc1cccc(Sc2cnc(Br)cn2)c1. The van der Waals surface area contributed by atoms with Gasteiger partial charge in [0.15, 0.2) is 0 Å². The summed E-state index contributed by atoms with van der Waals surface area (Å²) in [5, 5.41) is 0.740. The van der Waals surface area contributed by atoms with Gasteiger partial charge in [-0.2, -0.15) is 0 Å². The molecule has 1 aromatic heterocycles. The second-order valence-electron chi connectivity index (χ2n) is 2.74. The number of rotatable bonds is 2. The molecule has 2 aromatic rings. The number of halogens is 2. The highest BCUT2D eigenvalue weighted by Gasteiger charge is 2.00. The molecule has 5 heteroatoms. The number of hydrogen-bond acceptors (Lipinski definition) is 3. The second kappa shape index (κ2) is 4.72. The number of aromatic nitrogens is 2. The standard InChI is InChI=1S/C10H6BrFN2S/c11-9-5-14-10(6-13-9)15-8-3-1-2-7(12)4-8/h1-6H. The third-order valence-electron chi connectivity index (χ3n) is 1.62. The lowest BCUT2D eigenvalue weighted by Gasteiger charge is -1.99. The highest BCUT2D eigenvalue weighted by atomic mass is 79.9. The molecule has 1 heterocycles. The summed E-state index contributed by atoms with van der Waals surface area (Å²) in [5.41, 5.74) is 0. The highest BCUT2D eigenvalue weighted by Crippen LogP contribution is 2.25. The molecule has 0 aliphatic rings. The maximum Gasteiger partial charge on any atom is 0.124 e. The summed E-state index contributed by atoms with van der Waals surface area (Å²) in [4.78, 5) is 8.98. The van der Waals surface area contributed by atoms with Gasteiger partial charge >= 0.3 is 0 Å². The lowest BCUT2D eigenvalue weighted by Crippen LogP contribution is -1.83. The van der Waals surface area contributed by atoms with E-state index in [9.17, 15) is 4.39 Å². The van der Waals surface area contributed by atoms with E-state index in [1.165, 1.54) is 23.9 Å². The van der Waals surface area contributed by atoms with Gasteiger partial charge in [0.25, 0.3) is 0 Å². The molecule has 0 spiro atoms. The van der Waals surface area contributed by atoms with Crippen LogP contribution in [0.5, 0.6) is 0 Å². The van der Waals surface area contributed by atoms with E-state index >= 15 is 0 Å². The van der Waals surface area contributed by atoms with Gasteiger partial charge in [0.1, 0.15) is 15.4 Å². The van der Waals surface area contributed by atoms with Crippen LogP contribution in [0.1, 0.15) is 0 Å². The van der Waals surface area contributed by atoms with Gasteiger partial charge in [-0.25, -0.2) is 14.4 Å². The van der Waals surface area contributed by atoms with Crippen molar-refractivity contribution in [3.8, 4) is 0 Å². The Hall–Kier alpha value is -0.940. The van der Waals surface area contributed by atoms with Crippen molar-refractivity contribution in [2.45, 2.75) is 9.92 Å². The summed E-state index contributed by atoms with van der Waals surface area (Å²) in [7, 11) is 0. The first kappa shape index (κ1) is 10.6. The third-order valence-corrected chi connectivity index (χ3v) is 2.93. The summed E-state index contributed by atoms with van der Waals surface area (Å²) in [6.07, 6.45) is 3.25. The van der Waals surface area contributed by atoms with Crippen molar-refractivity contribution < 1.29 is 4.39 Å². The molecule has 76 valence electrons. The fraction of sp³-hybridized carbons (Fsp3) is 0. The van der Waals surface area contributed by atoms with Crippen molar-refractivity contribution in [3.05, 3.63) is 47.1 Å². The van der Waals surface area contributed by atoms with Crippen LogP contribution in [0.15, 0.2) is 51.2 Å². The van der Waals surface area contributed by atoms with E-state index in [0.717, 1.165) is 9.92 Å². The minimum absolute atomic E-state index is 0.245. The van der Waals surface area contributed by atoms with Gasteiger partial charge in [-0.1, -0.05) is 17.8 Å². The van der Waals surface area contributed by atoms with Crippen molar-refractivity contribution in [2.75, 3.05) is 0 Å². The van der Waals surface area contributed by atoms with Crippen LogP contribution >= 0.6 is 27.7 Å². The molecule has 0 atom stereocenters. The molecule has 0 saturated carbocycles. The molecule has 0 saturated heterocycles. The van der Waals surface area contributed by atoms with Crippen LogP contribution in [0.2, 0.25) is 0 Å². The first-order valence-corrected chi connectivity index (χ1v) is 5.76. The van der Waals surface area contributed by atoms with E-state index in [1.807, 2.05) is 6.07 Å². The molecule has 0 N–H and O–H groups in total. The molecule has 0 radical (unpaired) electrons. The molecule has 0 bridgehead atoms. The molecule has 15 heavy (non-hydrogen) atoms. The van der Waals surface area contributed by atoms with E-state index in [1.54, 1.807) is 18.5 Å². The van der Waals surface area contributed by atoms with E-state index in [-0.39, 0.29) is 5.82 Å². The Bertz CT molecular complexity index is 461. The van der Waals surface area contributed by atoms with Gasteiger partial charge in [0, 0.05) is 4.90 Å². The molecule has 0 unspecified atom stereocenters. The number of nitrogens with zero attached hydrogens (tertiary/aromatic N) is 2. The predicted molar refractivity (Wildman–Crippen MR) is 60.3 cm³/mol. The van der Waals surface area contributed by atoms with Gasteiger partial charge in [-0.3, -0.25) is 0 Å². The molecular weight excluding hydrogens is 279 g/mol. The van der Waals surface area contributed by atoms with Gasteiger partial charge in [0.05, 0.1) is 12.4 Å². The topological polar surface area (TPSA) is 25.8 Å². The zero-order valence-electron chi connectivity index (χ0n) is 7.52. The predicted octanol–water partition coefficient (Wildman–Crippen LogP) is 3.53. The fourth-order valence-corrected chi connectivity index (χ4v) is 1.98. The van der Waals surface area contributed by atoms with Crippen molar-refractivity contribution >= 4 is 27.7 Å². The zero-order chi connectivity index (χ0) is 10.7. The molecule has 2 nitrogen and oxygen atoms in total. The highest BCUT2D eigenvalue weighted by molar-refractivity contribution is 9.10. The Balaban J connectivity index is 2.18. The first-order chi connectivity index (χ1) is 7.24. The summed E-state index contributed by atoms with van der Waals surface area (Å²) >= 11 is 4.58. The molecular formula is C10H6BrFN2S. The van der Waals surface area contributed by atoms with Crippen LogP contribution in [-0.4, -0.2) is 9.97 Å². The van der Waals surface area contributed by atoms with E-state index in [4.69, 9.17) is 0 Å². The minimum atomic E-state index is -0.245. The lowest BCUT2D eigenvalue weighted by atomic mass is 10.4. The van der Waals surface area contributed by atoms with Crippen LogP contribution in [0.25, 0.3) is 0 Å². The van der Waals surface area contributed by atoms with Gasteiger partial charge in [-0.15, -0.1) is 0 Å². The monoisotopic (exact) mass is 284 g/mol. The first-order valence-electron chi connectivity index (χ1n) is 4.15. The minimum Gasteiger partial charge on any atom is -0.245 e. The van der Waals surface area contributed by atoms with Gasteiger partial charge in [0.2, 0.25) is 0 Å². The summed E-state index contributed by atoms with van der Waals surface area (Å²) in [6, 6.07) is 6.38. The maximum absolute atomic E-state index is 12.9. The van der Waals surface area contributed by atoms with Crippen molar-refractivity contribution in [1.82, 2.24) is 9.97 Å². The van der Waals surface area contributed by atoms with Crippen LogP contribution in [0.4, 0.5) is 4.39 Å². The van der Waals surface area contributed by atoms with E-state index in [2.05, 4.69) is 25.9 Å². The summed E-state index contributed by atoms with van der Waals surface area (Å²) < 4.78 is 13.6. The number of hydrogen-bond donors (Lipinski definition) is 0. The van der Waals surface area contributed by atoms with Gasteiger partial charge < -0.3 is 0 Å². The molecule has 0 aliphatic carbocycles. The average Bonchev–Trinajstić information content (AvgIpc) is 2.22. The zero-order valence-corrected chi connectivity index (χ0v) is 9.93. The van der Waals surface area contributed by atoms with Crippen LogP contribution < -0.4 is 0 Å². The van der Waals surface area contributed by atoms with Crippen LogP contribution in [0.3, 0.4) is 0 Å². The normalized spacial score (nSPS) is 10.3.